The minimum Gasteiger partial charge on any atom is -0.466 e. The van der Waals surface area contributed by atoms with Crippen LogP contribution in [-0.2, 0) is 0 Å². The smallest absolute Gasteiger partial charge is 0.257 e. The van der Waals surface area contributed by atoms with Gasteiger partial charge in [-0.05, 0) is 51.6 Å². The summed E-state index contributed by atoms with van der Waals surface area (Å²) in [5, 5.41) is 0. The Hall–Kier alpha value is -1.29. The molecular formula is C19H30N2O2. The Labute approximate surface area is 139 Å². The minimum atomic E-state index is 0.150. The third kappa shape index (κ3) is 3.47. The number of rotatable bonds is 3. The lowest BCUT2D eigenvalue weighted by atomic mass is 9.79. The first-order valence-electron chi connectivity index (χ1n) is 8.97. The number of hydrogen-bond acceptors (Lipinski definition) is 3. The van der Waals surface area contributed by atoms with E-state index in [0.29, 0.717) is 11.3 Å². The quantitative estimate of drug-likeness (QED) is 0.856. The van der Waals surface area contributed by atoms with Gasteiger partial charge in [0.15, 0.2) is 0 Å². The molecule has 1 aromatic heterocycles. The number of carbonyl (C=O) groups excluding carboxylic acids is 1. The molecule has 0 aromatic carbocycles. The second kappa shape index (κ2) is 6.31. The minimum absolute atomic E-state index is 0.150. The van der Waals surface area contributed by atoms with E-state index in [9.17, 15) is 4.79 Å². The average molecular weight is 318 g/mol. The maximum Gasteiger partial charge on any atom is 0.257 e. The van der Waals surface area contributed by atoms with Crippen molar-refractivity contribution in [2.75, 3.05) is 32.7 Å². The first-order chi connectivity index (χ1) is 10.9. The average Bonchev–Trinajstić information content (AvgIpc) is 3.01. The molecule has 2 saturated heterocycles. The van der Waals surface area contributed by atoms with Gasteiger partial charge in [-0.3, -0.25) is 4.79 Å². The second-order valence-corrected chi connectivity index (χ2v) is 8.04. The highest BCUT2D eigenvalue weighted by Crippen LogP contribution is 2.39. The molecule has 0 aliphatic carbocycles. The first-order valence-corrected chi connectivity index (χ1v) is 8.97. The highest BCUT2D eigenvalue weighted by atomic mass is 16.3. The van der Waals surface area contributed by atoms with Gasteiger partial charge in [-0.15, -0.1) is 0 Å². The van der Waals surface area contributed by atoms with Crippen molar-refractivity contribution in [1.29, 1.82) is 0 Å². The van der Waals surface area contributed by atoms with Gasteiger partial charge in [0.1, 0.15) is 11.5 Å². The number of nitrogens with zero attached hydrogens (tertiary/aromatic N) is 2. The predicted octanol–water partition coefficient (Wildman–Crippen LogP) is 3.48. The van der Waals surface area contributed by atoms with Crippen LogP contribution in [0.1, 0.15) is 55.0 Å². The van der Waals surface area contributed by atoms with E-state index in [1.807, 2.05) is 19.9 Å². The Balaban J connectivity index is 1.67. The van der Waals surface area contributed by atoms with Crippen LogP contribution in [0.15, 0.2) is 10.5 Å². The molecule has 2 aliphatic rings. The molecule has 1 amide bonds. The first kappa shape index (κ1) is 16.6. The number of amides is 1. The van der Waals surface area contributed by atoms with Gasteiger partial charge in [0.2, 0.25) is 0 Å². The van der Waals surface area contributed by atoms with Crippen molar-refractivity contribution in [3.05, 3.63) is 23.2 Å². The van der Waals surface area contributed by atoms with Gasteiger partial charge in [0.25, 0.3) is 5.91 Å². The van der Waals surface area contributed by atoms with Gasteiger partial charge >= 0.3 is 0 Å². The summed E-state index contributed by atoms with van der Waals surface area (Å²) in [5.74, 6) is 2.43. The van der Waals surface area contributed by atoms with E-state index in [0.717, 1.165) is 43.1 Å². The van der Waals surface area contributed by atoms with Crippen LogP contribution < -0.4 is 0 Å². The Bertz CT molecular complexity index is 578. The van der Waals surface area contributed by atoms with Gasteiger partial charge in [-0.1, -0.05) is 13.8 Å². The highest BCUT2D eigenvalue weighted by molar-refractivity contribution is 5.95. The topological polar surface area (TPSA) is 36.7 Å². The number of aryl methyl sites for hydroxylation is 2. The SMILES string of the molecule is Cc1cc(C(=O)N2CCC3(CCCN(CC(C)C)C3)C2)c(C)o1. The molecule has 1 aromatic rings. The molecule has 4 heteroatoms. The van der Waals surface area contributed by atoms with Gasteiger partial charge in [0.05, 0.1) is 5.56 Å². The summed E-state index contributed by atoms with van der Waals surface area (Å²) in [6, 6.07) is 1.88. The molecule has 4 nitrogen and oxygen atoms in total. The van der Waals surface area contributed by atoms with E-state index in [1.165, 1.54) is 25.9 Å². The number of likely N-dealkylation sites (tertiary alicyclic amines) is 2. The molecule has 128 valence electrons. The van der Waals surface area contributed by atoms with Crippen LogP contribution >= 0.6 is 0 Å². The molecule has 1 atom stereocenters. The molecule has 3 rings (SSSR count). The summed E-state index contributed by atoms with van der Waals surface area (Å²) in [6.07, 6.45) is 3.66. The molecule has 2 fully saturated rings. The van der Waals surface area contributed by atoms with Crippen LogP contribution in [0.4, 0.5) is 0 Å². The highest BCUT2D eigenvalue weighted by Gasteiger charge is 2.43. The molecular weight excluding hydrogens is 288 g/mol. The molecule has 1 unspecified atom stereocenters. The van der Waals surface area contributed by atoms with Gasteiger partial charge in [-0.25, -0.2) is 0 Å². The normalized spacial score (nSPS) is 25.7. The summed E-state index contributed by atoms with van der Waals surface area (Å²) in [7, 11) is 0. The van der Waals surface area contributed by atoms with Crippen molar-refractivity contribution >= 4 is 5.91 Å². The monoisotopic (exact) mass is 318 g/mol. The van der Waals surface area contributed by atoms with Gasteiger partial charge in [0, 0.05) is 31.6 Å². The van der Waals surface area contributed by atoms with Crippen molar-refractivity contribution in [3.63, 3.8) is 0 Å². The second-order valence-electron chi connectivity index (χ2n) is 8.04. The van der Waals surface area contributed by atoms with E-state index in [1.54, 1.807) is 0 Å². The van der Waals surface area contributed by atoms with Crippen molar-refractivity contribution in [1.82, 2.24) is 9.80 Å². The lowest BCUT2D eigenvalue weighted by molar-refractivity contribution is 0.0665. The lowest BCUT2D eigenvalue weighted by Crippen LogP contribution is -2.46. The Morgan fingerprint density at radius 2 is 2.04 bits per heavy atom. The molecule has 0 saturated carbocycles. The van der Waals surface area contributed by atoms with Crippen LogP contribution in [0.5, 0.6) is 0 Å². The van der Waals surface area contributed by atoms with Crippen molar-refractivity contribution < 1.29 is 9.21 Å². The van der Waals surface area contributed by atoms with Crippen molar-refractivity contribution in [2.45, 2.75) is 47.0 Å². The zero-order valence-corrected chi connectivity index (χ0v) is 15.0. The predicted molar refractivity (Wildman–Crippen MR) is 91.6 cm³/mol. The summed E-state index contributed by atoms with van der Waals surface area (Å²) >= 11 is 0. The number of carbonyl (C=O) groups is 1. The van der Waals surface area contributed by atoms with E-state index < -0.39 is 0 Å². The zero-order chi connectivity index (χ0) is 16.6. The van der Waals surface area contributed by atoms with Gasteiger partial charge in [-0.2, -0.15) is 0 Å². The molecule has 2 aliphatic heterocycles. The Morgan fingerprint density at radius 3 is 2.70 bits per heavy atom. The third-order valence-electron chi connectivity index (χ3n) is 5.36. The van der Waals surface area contributed by atoms with E-state index in [4.69, 9.17) is 4.42 Å². The van der Waals surface area contributed by atoms with E-state index in [2.05, 4.69) is 23.6 Å². The fourth-order valence-electron chi connectivity index (χ4n) is 4.44. The molecule has 0 bridgehead atoms. The van der Waals surface area contributed by atoms with Crippen LogP contribution in [-0.4, -0.2) is 48.4 Å². The van der Waals surface area contributed by atoms with Crippen molar-refractivity contribution in [3.8, 4) is 0 Å². The Kier molecular flexibility index (Phi) is 4.54. The van der Waals surface area contributed by atoms with Crippen LogP contribution in [0.3, 0.4) is 0 Å². The summed E-state index contributed by atoms with van der Waals surface area (Å²) in [5.41, 5.74) is 1.06. The zero-order valence-electron chi connectivity index (χ0n) is 15.0. The van der Waals surface area contributed by atoms with E-state index >= 15 is 0 Å². The van der Waals surface area contributed by atoms with E-state index in [-0.39, 0.29) is 5.91 Å². The van der Waals surface area contributed by atoms with Crippen LogP contribution in [0.2, 0.25) is 0 Å². The molecule has 1 spiro atoms. The molecule has 0 radical (unpaired) electrons. The summed E-state index contributed by atoms with van der Waals surface area (Å²) in [6.45, 7) is 13.7. The Morgan fingerprint density at radius 1 is 1.26 bits per heavy atom. The lowest BCUT2D eigenvalue weighted by Gasteiger charge is -2.41. The van der Waals surface area contributed by atoms with Gasteiger partial charge < -0.3 is 14.2 Å². The largest absolute Gasteiger partial charge is 0.466 e. The van der Waals surface area contributed by atoms with Crippen LogP contribution in [0.25, 0.3) is 0 Å². The maximum atomic E-state index is 12.8. The third-order valence-corrected chi connectivity index (χ3v) is 5.36. The van der Waals surface area contributed by atoms with Crippen molar-refractivity contribution in [2.24, 2.45) is 11.3 Å². The fourth-order valence-corrected chi connectivity index (χ4v) is 4.44. The maximum absolute atomic E-state index is 12.8. The van der Waals surface area contributed by atoms with Crippen LogP contribution in [0, 0.1) is 25.2 Å². The fraction of sp³-hybridized carbons (Fsp3) is 0.737. The number of piperidine rings is 1. The number of furan rings is 1. The molecule has 0 N–H and O–H groups in total. The number of hydrogen-bond donors (Lipinski definition) is 0. The standard InChI is InChI=1S/C19H30N2O2/c1-14(2)11-20-8-5-6-19(12-20)7-9-21(13-19)18(22)17-10-15(3)23-16(17)4/h10,14H,5-9,11-13H2,1-4H3. The summed E-state index contributed by atoms with van der Waals surface area (Å²) in [4.78, 5) is 17.5. The molecule has 3 heterocycles. The molecule has 23 heavy (non-hydrogen) atoms. The summed E-state index contributed by atoms with van der Waals surface area (Å²) < 4.78 is 5.54.